The zero-order valence-corrected chi connectivity index (χ0v) is 11.3. The summed E-state index contributed by atoms with van der Waals surface area (Å²) in [7, 11) is 0. The van der Waals surface area contributed by atoms with Crippen LogP contribution in [0.25, 0.3) is 0 Å². The van der Waals surface area contributed by atoms with Crippen LogP contribution in [0, 0.1) is 6.92 Å². The van der Waals surface area contributed by atoms with Gasteiger partial charge in [-0.25, -0.2) is 4.79 Å². The summed E-state index contributed by atoms with van der Waals surface area (Å²) in [6.45, 7) is 8.00. The van der Waals surface area contributed by atoms with Crippen molar-refractivity contribution in [1.82, 2.24) is 0 Å². The molecule has 0 radical (unpaired) electrons. The fourth-order valence-electron chi connectivity index (χ4n) is 1.71. The number of anilines is 1. The van der Waals surface area contributed by atoms with Gasteiger partial charge in [-0.3, -0.25) is 0 Å². The second-order valence-corrected chi connectivity index (χ2v) is 4.03. The third-order valence-corrected chi connectivity index (χ3v) is 2.61. The average Bonchev–Trinajstić information content (AvgIpc) is 2.35. The number of rotatable bonds is 6. The van der Waals surface area contributed by atoms with Crippen molar-refractivity contribution in [2.24, 2.45) is 0 Å². The minimum atomic E-state index is -0.280. The van der Waals surface area contributed by atoms with Gasteiger partial charge in [-0.05, 0) is 38.5 Å². The van der Waals surface area contributed by atoms with Gasteiger partial charge >= 0.3 is 5.97 Å². The molecule has 1 aromatic rings. The zero-order chi connectivity index (χ0) is 13.4. The zero-order valence-electron chi connectivity index (χ0n) is 11.3. The van der Waals surface area contributed by atoms with E-state index < -0.39 is 0 Å². The summed E-state index contributed by atoms with van der Waals surface area (Å²) in [5, 5.41) is 0. The van der Waals surface area contributed by atoms with Gasteiger partial charge < -0.3 is 9.64 Å². The van der Waals surface area contributed by atoms with Crippen LogP contribution in [-0.2, 0) is 9.53 Å². The van der Waals surface area contributed by atoms with Crippen LogP contribution in [0.5, 0.6) is 0 Å². The fourth-order valence-corrected chi connectivity index (χ4v) is 1.71. The molecule has 0 bridgehead atoms. The Bertz CT molecular complexity index is 413. The smallest absolute Gasteiger partial charge is 0.330 e. The van der Waals surface area contributed by atoms with Gasteiger partial charge in [0.15, 0.2) is 0 Å². The Balaban J connectivity index is 2.60. The molecular weight excluding hydrogens is 226 g/mol. The van der Waals surface area contributed by atoms with E-state index in [0.29, 0.717) is 13.2 Å². The van der Waals surface area contributed by atoms with Gasteiger partial charge in [-0.2, -0.15) is 0 Å². The molecule has 98 valence electrons. The molecule has 0 aliphatic rings. The predicted octanol–water partition coefficient (Wildman–Crippen LogP) is 2.94. The first kappa shape index (κ1) is 14.3. The Kier molecular flexibility index (Phi) is 5.98. The number of aryl methyl sites for hydroxylation is 1. The number of benzene rings is 1. The molecule has 18 heavy (non-hydrogen) atoms. The quantitative estimate of drug-likeness (QED) is 0.572. The van der Waals surface area contributed by atoms with Gasteiger partial charge in [0.25, 0.3) is 0 Å². The van der Waals surface area contributed by atoms with Crippen molar-refractivity contribution in [2.45, 2.75) is 20.8 Å². The lowest BCUT2D eigenvalue weighted by Crippen LogP contribution is -2.22. The van der Waals surface area contributed by atoms with E-state index in [1.165, 1.54) is 17.3 Å². The highest BCUT2D eigenvalue weighted by atomic mass is 16.5. The monoisotopic (exact) mass is 247 g/mol. The minimum absolute atomic E-state index is 0.280. The molecule has 3 nitrogen and oxygen atoms in total. The molecule has 0 unspecified atom stereocenters. The molecule has 0 aromatic heterocycles. The molecule has 0 saturated carbocycles. The summed E-state index contributed by atoms with van der Waals surface area (Å²) in [6, 6.07) is 8.34. The van der Waals surface area contributed by atoms with Crippen LogP contribution in [0.2, 0.25) is 0 Å². The second-order valence-electron chi connectivity index (χ2n) is 4.03. The van der Waals surface area contributed by atoms with Gasteiger partial charge in [0, 0.05) is 24.9 Å². The van der Waals surface area contributed by atoms with Crippen molar-refractivity contribution in [3.05, 3.63) is 42.0 Å². The summed E-state index contributed by atoms with van der Waals surface area (Å²) in [5.74, 6) is -0.280. The normalized spacial score (nSPS) is 10.6. The molecule has 0 aliphatic carbocycles. The van der Waals surface area contributed by atoms with Crippen molar-refractivity contribution in [3.63, 3.8) is 0 Å². The molecule has 0 heterocycles. The highest BCUT2D eigenvalue weighted by Gasteiger charge is 2.02. The van der Waals surface area contributed by atoms with Gasteiger partial charge in [-0.1, -0.05) is 18.2 Å². The van der Waals surface area contributed by atoms with Gasteiger partial charge in [0.05, 0.1) is 6.61 Å². The van der Waals surface area contributed by atoms with Crippen molar-refractivity contribution >= 4 is 11.7 Å². The van der Waals surface area contributed by atoms with E-state index in [0.717, 1.165) is 6.54 Å². The number of carbonyl (C=O) groups is 1. The molecule has 3 heteroatoms. The first-order valence-electron chi connectivity index (χ1n) is 6.32. The number of ether oxygens (including phenoxy) is 1. The highest BCUT2D eigenvalue weighted by molar-refractivity contribution is 5.81. The van der Waals surface area contributed by atoms with E-state index in [1.807, 2.05) is 12.1 Å². The maximum absolute atomic E-state index is 11.2. The van der Waals surface area contributed by atoms with Crippen LogP contribution >= 0.6 is 0 Å². The first-order chi connectivity index (χ1) is 8.67. The van der Waals surface area contributed by atoms with Crippen molar-refractivity contribution in [1.29, 1.82) is 0 Å². The largest absolute Gasteiger partial charge is 0.463 e. The third kappa shape index (κ3) is 4.62. The van der Waals surface area contributed by atoms with E-state index in [-0.39, 0.29) is 5.97 Å². The predicted molar refractivity (Wildman–Crippen MR) is 74.8 cm³/mol. The Hall–Kier alpha value is -1.77. The van der Waals surface area contributed by atoms with Crippen LogP contribution in [0.3, 0.4) is 0 Å². The van der Waals surface area contributed by atoms with Crippen molar-refractivity contribution in [2.75, 3.05) is 24.6 Å². The van der Waals surface area contributed by atoms with E-state index in [4.69, 9.17) is 4.74 Å². The molecule has 1 aromatic carbocycles. The minimum Gasteiger partial charge on any atom is -0.463 e. The fraction of sp³-hybridized carbons (Fsp3) is 0.400. The van der Waals surface area contributed by atoms with Gasteiger partial charge in [-0.15, -0.1) is 0 Å². The van der Waals surface area contributed by atoms with Crippen LogP contribution in [-0.4, -0.2) is 25.7 Å². The maximum Gasteiger partial charge on any atom is 0.330 e. The second kappa shape index (κ2) is 7.54. The lowest BCUT2D eigenvalue weighted by atomic mass is 10.2. The molecule has 0 fully saturated rings. The van der Waals surface area contributed by atoms with Crippen LogP contribution in [0.4, 0.5) is 5.69 Å². The van der Waals surface area contributed by atoms with E-state index in [2.05, 4.69) is 36.9 Å². The van der Waals surface area contributed by atoms with Crippen LogP contribution in [0.15, 0.2) is 36.4 Å². The van der Waals surface area contributed by atoms with Crippen LogP contribution < -0.4 is 4.90 Å². The Morgan fingerprint density at radius 1 is 1.39 bits per heavy atom. The van der Waals surface area contributed by atoms with E-state index >= 15 is 0 Å². The summed E-state index contributed by atoms with van der Waals surface area (Å²) in [4.78, 5) is 13.4. The molecule has 1 rings (SSSR count). The Labute approximate surface area is 109 Å². The van der Waals surface area contributed by atoms with Crippen molar-refractivity contribution in [3.8, 4) is 0 Å². The molecule has 0 spiro atoms. The number of hydrogen-bond acceptors (Lipinski definition) is 3. The number of hydrogen-bond donors (Lipinski definition) is 0. The standard InChI is InChI=1S/C15H21NO2/c1-4-16(11-7-10-15(17)18-5-2)14-9-6-8-13(3)12-14/h6-10,12H,4-5,11H2,1-3H3/b10-7+. The first-order valence-corrected chi connectivity index (χ1v) is 6.32. The molecule has 0 aliphatic heterocycles. The Morgan fingerprint density at radius 3 is 2.78 bits per heavy atom. The van der Waals surface area contributed by atoms with E-state index in [1.54, 1.807) is 6.92 Å². The Morgan fingerprint density at radius 2 is 2.17 bits per heavy atom. The lowest BCUT2D eigenvalue weighted by molar-refractivity contribution is -0.137. The summed E-state index contributed by atoms with van der Waals surface area (Å²) < 4.78 is 4.84. The topological polar surface area (TPSA) is 29.5 Å². The number of likely N-dealkylation sites (N-methyl/N-ethyl adjacent to an activating group) is 1. The van der Waals surface area contributed by atoms with Crippen LogP contribution in [0.1, 0.15) is 19.4 Å². The molecular formula is C15H21NO2. The summed E-state index contributed by atoms with van der Waals surface area (Å²) >= 11 is 0. The third-order valence-electron chi connectivity index (χ3n) is 2.61. The summed E-state index contributed by atoms with van der Waals surface area (Å²) in [6.07, 6.45) is 3.33. The number of carbonyl (C=O) groups excluding carboxylic acids is 1. The molecule has 0 saturated heterocycles. The van der Waals surface area contributed by atoms with E-state index in [9.17, 15) is 4.79 Å². The average molecular weight is 247 g/mol. The maximum atomic E-state index is 11.2. The van der Waals surface area contributed by atoms with Crippen molar-refractivity contribution < 1.29 is 9.53 Å². The number of nitrogens with zero attached hydrogens (tertiary/aromatic N) is 1. The molecule has 0 atom stereocenters. The molecule has 0 amide bonds. The number of esters is 1. The molecule has 0 N–H and O–H groups in total. The van der Waals surface area contributed by atoms with Gasteiger partial charge in [0.1, 0.15) is 0 Å². The summed E-state index contributed by atoms with van der Waals surface area (Å²) in [5.41, 5.74) is 2.41. The highest BCUT2D eigenvalue weighted by Crippen LogP contribution is 2.15. The lowest BCUT2D eigenvalue weighted by Gasteiger charge is -2.21. The van der Waals surface area contributed by atoms with Gasteiger partial charge in [0.2, 0.25) is 0 Å². The SMILES string of the molecule is CCOC(=O)/C=C/CN(CC)c1cccc(C)c1.